The number of aromatic nitrogens is 2. The molecule has 0 radical (unpaired) electrons. The van der Waals surface area contributed by atoms with Gasteiger partial charge in [-0.3, -0.25) is 0 Å². The fourth-order valence-corrected chi connectivity index (χ4v) is 2.20. The molecule has 0 spiro atoms. The quantitative estimate of drug-likeness (QED) is 0.912. The highest BCUT2D eigenvalue weighted by molar-refractivity contribution is 7.15. The molecule has 2 rings (SSSR count). The molecule has 1 atom stereocenters. The van der Waals surface area contributed by atoms with Crippen LogP contribution in [0.2, 0.25) is 0 Å². The molecule has 0 aliphatic heterocycles. The van der Waals surface area contributed by atoms with E-state index in [-0.39, 0.29) is 11.2 Å². The number of hydrogen-bond acceptors (Lipinski definition) is 5. The van der Waals surface area contributed by atoms with Crippen molar-refractivity contribution in [2.45, 2.75) is 26.1 Å². The van der Waals surface area contributed by atoms with Gasteiger partial charge in [0.05, 0.1) is 6.54 Å². The smallest absolute Gasteiger partial charge is 0.445 e. The Kier molecular flexibility index (Phi) is 4.66. The Balaban J connectivity index is 1.88. The Morgan fingerprint density at radius 3 is 2.62 bits per heavy atom. The molecule has 0 fully saturated rings. The van der Waals surface area contributed by atoms with Gasteiger partial charge in [-0.2, -0.15) is 13.2 Å². The third kappa shape index (κ3) is 4.32. The number of halogens is 3. The highest BCUT2D eigenvalue weighted by Gasteiger charge is 2.35. The van der Waals surface area contributed by atoms with Crippen LogP contribution in [0.4, 0.5) is 18.3 Å². The number of hydrogen-bond donors (Lipinski definition) is 1. The molecule has 114 valence electrons. The van der Waals surface area contributed by atoms with Crippen molar-refractivity contribution in [3.63, 3.8) is 0 Å². The van der Waals surface area contributed by atoms with E-state index in [9.17, 15) is 13.2 Å². The summed E-state index contributed by atoms with van der Waals surface area (Å²) in [7, 11) is 0. The number of rotatable bonds is 5. The second-order valence-corrected chi connectivity index (χ2v) is 5.46. The number of aryl methyl sites for hydroxylation is 1. The molecule has 8 heteroatoms. The third-order valence-corrected chi connectivity index (χ3v) is 3.56. The van der Waals surface area contributed by atoms with Crippen molar-refractivity contribution in [2.24, 2.45) is 0 Å². The molecule has 21 heavy (non-hydrogen) atoms. The van der Waals surface area contributed by atoms with Crippen LogP contribution >= 0.6 is 11.3 Å². The van der Waals surface area contributed by atoms with Crippen LogP contribution in [0.3, 0.4) is 0 Å². The van der Waals surface area contributed by atoms with Gasteiger partial charge in [0.25, 0.3) is 0 Å². The lowest BCUT2D eigenvalue weighted by Gasteiger charge is -2.16. The molecule has 0 saturated heterocycles. The van der Waals surface area contributed by atoms with E-state index in [1.807, 2.05) is 38.1 Å². The second kappa shape index (κ2) is 6.30. The Hall–Kier alpha value is -1.83. The maximum atomic E-state index is 12.4. The minimum atomic E-state index is -4.46. The van der Waals surface area contributed by atoms with Gasteiger partial charge in [-0.15, -0.1) is 10.2 Å². The normalized spacial score (nSPS) is 13.0. The van der Waals surface area contributed by atoms with Crippen LogP contribution in [0.1, 0.15) is 17.5 Å². The van der Waals surface area contributed by atoms with Gasteiger partial charge in [-0.05, 0) is 25.5 Å². The molecule has 0 bridgehead atoms. The van der Waals surface area contributed by atoms with E-state index in [0.717, 1.165) is 11.3 Å². The molecule has 1 heterocycles. The van der Waals surface area contributed by atoms with Gasteiger partial charge >= 0.3 is 6.18 Å². The van der Waals surface area contributed by atoms with Crippen LogP contribution in [0.25, 0.3) is 0 Å². The summed E-state index contributed by atoms with van der Waals surface area (Å²) in [6.07, 6.45) is -4.68. The monoisotopic (exact) mass is 317 g/mol. The first-order chi connectivity index (χ1) is 9.86. The Bertz CT molecular complexity index is 600. The Morgan fingerprint density at radius 1 is 1.29 bits per heavy atom. The van der Waals surface area contributed by atoms with E-state index in [1.54, 1.807) is 0 Å². The first-order valence-corrected chi connectivity index (χ1v) is 7.05. The van der Waals surface area contributed by atoms with Gasteiger partial charge < -0.3 is 10.1 Å². The van der Waals surface area contributed by atoms with Crippen molar-refractivity contribution in [2.75, 3.05) is 11.9 Å². The number of ether oxygens (including phenoxy) is 1. The Labute approximate surface area is 124 Å². The average Bonchev–Trinajstić information content (AvgIpc) is 2.88. The number of anilines is 1. The van der Waals surface area contributed by atoms with E-state index in [2.05, 4.69) is 15.5 Å². The number of para-hydroxylation sites is 1. The summed E-state index contributed by atoms with van der Waals surface area (Å²) in [5.41, 5.74) is 1.000. The zero-order valence-electron chi connectivity index (χ0n) is 11.4. The largest absolute Gasteiger partial charge is 0.489 e. The summed E-state index contributed by atoms with van der Waals surface area (Å²) in [6, 6.07) is 7.54. The van der Waals surface area contributed by atoms with Crippen LogP contribution in [0, 0.1) is 6.92 Å². The van der Waals surface area contributed by atoms with Gasteiger partial charge in [-0.25, -0.2) is 0 Å². The van der Waals surface area contributed by atoms with Crippen LogP contribution < -0.4 is 10.1 Å². The average molecular weight is 317 g/mol. The van der Waals surface area contributed by atoms with Crippen LogP contribution in [0.5, 0.6) is 5.75 Å². The SMILES string of the molecule is Cc1ccccc1OC(C)CNc1nnc(C(F)(F)F)s1. The summed E-state index contributed by atoms with van der Waals surface area (Å²) in [5, 5.41) is 8.53. The summed E-state index contributed by atoms with van der Waals surface area (Å²) >= 11 is 0.477. The first kappa shape index (κ1) is 15.6. The predicted molar refractivity (Wildman–Crippen MR) is 74.7 cm³/mol. The molecule has 1 unspecified atom stereocenters. The molecule has 1 aromatic carbocycles. The molecule has 1 N–H and O–H groups in total. The van der Waals surface area contributed by atoms with E-state index in [4.69, 9.17) is 4.74 Å². The van der Waals surface area contributed by atoms with Crippen molar-refractivity contribution in [3.8, 4) is 5.75 Å². The minimum absolute atomic E-state index is 0.127. The standard InChI is InChI=1S/C13H14F3N3OS/c1-8-5-3-4-6-10(8)20-9(2)7-17-12-19-18-11(21-12)13(14,15)16/h3-6,9H,7H2,1-2H3,(H,17,19). The van der Waals surface area contributed by atoms with E-state index in [1.165, 1.54) is 0 Å². The first-order valence-electron chi connectivity index (χ1n) is 6.23. The van der Waals surface area contributed by atoms with Crippen LogP contribution in [-0.2, 0) is 6.18 Å². The van der Waals surface area contributed by atoms with Crippen LogP contribution in [-0.4, -0.2) is 22.8 Å². The molecule has 2 aromatic rings. The summed E-state index contributed by atoms with van der Waals surface area (Å²) in [5.74, 6) is 0.750. The van der Waals surface area contributed by atoms with Gasteiger partial charge in [0, 0.05) is 0 Å². The van der Waals surface area contributed by atoms with E-state index >= 15 is 0 Å². The lowest BCUT2D eigenvalue weighted by atomic mass is 10.2. The van der Waals surface area contributed by atoms with Gasteiger partial charge in [-0.1, -0.05) is 29.5 Å². The molecular weight excluding hydrogens is 303 g/mol. The predicted octanol–water partition coefficient (Wildman–Crippen LogP) is 3.74. The van der Waals surface area contributed by atoms with Crippen LogP contribution in [0.15, 0.2) is 24.3 Å². The fraction of sp³-hybridized carbons (Fsp3) is 0.385. The molecule has 0 aliphatic carbocycles. The zero-order chi connectivity index (χ0) is 15.5. The molecule has 0 amide bonds. The van der Waals surface area contributed by atoms with Crippen molar-refractivity contribution >= 4 is 16.5 Å². The molecule has 0 aliphatic rings. The highest BCUT2D eigenvalue weighted by atomic mass is 32.1. The van der Waals surface area contributed by atoms with Crippen molar-refractivity contribution < 1.29 is 17.9 Å². The fourth-order valence-electron chi connectivity index (χ4n) is 1.59. The molecule has 4 nitrogen and oxygen atoms in total. The minimum Gasteiger partial charge on any atom is -0.489 e. The zero-order valence-corrected chi connectivity index (χ0v) is 12.3. The van der Waals surface area contributed by atoms with Gasteiger partial charge in [0.15, 0.2) is 0 Å². The van der Waals surface area contributed by atoms with E-state index < -0.39 is 11.2 Å². The third-order valence-electron chi connectivity index (χ3n) is 2.63. The lowest BCUT2D eigenvalue weighted by Crippen LogP contribution is -2.22. The number of nitrogens with zero attached hydrogens (tertiary/aromatic N) is 2. The highest BCUT2D eigenvalue weighted by Crippen LogP contribution is 2.32. The van der Waals surface area contributed by atoms with Crippen molar-refractivity contribution in [3.05, 3.63) is 34.8 Å². The molecule has 0 saturated carbocycles. The molecule has 1 aromatic heterocycles. The molecular formula is C13H14F3N3OS. The summed E-state index contributed by atoms with van der Waals surface area (Å²) < 4.78 is 42.9. The maximum absolute atomic E-state index is 12.4. The number of nitrogens with one attached hydrogen (secondary N) is 1. The van der Waals surface area contributed by atoms with E-state index in [0.29, 0.717) is 17.9 Å². The summed E-state index contributed by atoms with van der Waals surface area (Å²) in [6.45, 7) is 4.09. The second-order valence-electron chi connectivity index (χ2n) is 4.48. The van der Waals surface area contributed by atoms with Gasteiger partial charge in [0.1, 0.15) is 11.9 Å². The van der Waals surface area contributed by atoms with Crippen molar-refractivity contribution in [1.29, 1.82) is 0 Å². The summed E-state index contributed by atoms with van der Waals surface area (Å²) in [4.78, 5) is 0. The maximum Gasteiger partial charge on any atom is 0.445 e. The van der Waals surface area contributed by atoms with Gasteiger partial charge in [0.2, 0.25) is 10.1 Å². The van der Waals surface area contributed by atoms with Crippen molar-refractivity contribution in [1.82, 2.24) is 10.2 Å². The lowest BCUT2D eigenvalue weighted by molar-refractivity contribution is -0.138. The topological polar surface area (TPSA) is 47.0 Å². The number of benzene rings is 1. The number of alkyl halides is 3. The Morgan fingerprint density at radius 2 is 2.00 bits per heavy atom.